The van der Waals surface area contributed by atoms with Crippen LogP contribution in [0.3, 0.4) is 0 Å². The third-order valence-corrected chi connectivity index (χ3v) is 2.66. The van der Waals surface area contributed by atoms with Gasteiger partial charge in [-0.15, -0.1) is 0 Å². The molecule has 0 heterocycles. The molecule has 0 radical (unpaired) electrons. The zero-order chi connectivity index (χ0) is 13.4. The molecular weight excluding hydrogens is 229 g/mol. The van der Waals surface area contributed by atoms with Crippen LogP contribution >= 0.6 is 0 Å². The second-order valence-electron chi connectivity index (χ2n) is 4.18. The highest BCUT2D eigenvalue weighted by molar-refractivity contribution is 5.37. The summed E-state index contributed by atoms with van der Waals surface area (Å²) in [5.74, 6) is 5.00. The third kappa shape index (κ3) is 4.87. The smallest absolute Gasteiger partial charge is 0.124 e. The van der Waals surface area contributed by atoms with E-state index in [0.717, 1.165) is 31.6 Å². The van der Waals surface area contributed by atoms with Gasteiger partial charge >= 0.3 is 0 Å². The number of hydrogen-bond donors (Lipinski definition) is 1. The van der Waals surface area contributed by atoms with Crippen LogP contribution in [0.25, 0.3) is 0 Å². The van der Waals surface area contributed by atoms with Crippen LogP contribution in [0.15, 0.2) is 18.2 Å². The van der Waals surface area contributed by atoms with E-state index in [1.807, 2.05) is 6.07 Å². The monoisotopic (exact) mass is 249 g/mol. The molecule has 0 spiro atoms. The van der Waals surface area contributed by atoms with Crippen LogP contribution < -0.4 is 0 Å². The van der Waals surface area contributed by atoms with E-state index < -0.39 is 0 Å². The standard InChI is InChI=1S/C15H20FNO/c1-3-7-17(4-2)12-14-9-13(6-5-8-18)10-15(16)11-14/h9-11,18H,3-4,7-8,12H2,1-2H3. The van der Waals surface area contributed by atoms with Crippen molar-refractivity contribution in [2.24, 2.45) is 0 Å². The van der Waals surface area contributed by atoms with E-state index in [4.69, 9.17) is 5.11 Å². The number of halogens is 1. The molecule has 0 amide bonds. The molecule has 1 rings (SSSR count). The lowest BCUT2D eigenvalue weighted by atomic mass is 10.1. The fraction of sp³-hybridized carbons (Fsp3) is 0.467. The Morgan fingerprint density at radius 1 is 1.28 bits per heavy atom. The summed E-state index contributed by atoms with van der Waals surface area (Å²) in [6, 6.07) is 4.81. The van der Waals surface area contributed by atoms with E-state index in [1.165, 1.54) is 6.07 Å². The Morgan fingerprint density at radius 2 is 2.06 bits per heavy atom. The number of aliphatic hydroxyl groups excluding tert-OH is 1. The van der Waals surface area contributed by atoms with Crippen molar-refractivity contribution >= 4 is 0 Å². The molecule has 0 fully saturated rings. The predicted octanol–water partition coefficient (Wildman–Crippen LogP) is 2.40. The summed E-state index contributed by atoms with van der Waals surface area (Å²) in [5, 5.41) is 8.64. The van der Waals surface area contributed by atoms with Crippen LogP contribution in [0, 0.1) is 17.7 Å². The minimum absolute atomic E-state index is 0.206. The summed E-state index contributed by atoms with van der Waals surface area (Å²) in [6.45, 7) is 6.71. The topological polar surface area (TPSA) is 23.5 Å². The van der Waals surface area contributed by atoms with Gasteiger partial charge in [0.25, 0.3) is 0 Å². The minimum atomic E-state index is -0.276. The lowest BCUT2D eigenvalue weighted by Crippen LogP contribution is -2.23. The van der Waals surface area contributed by atoms with Gasteiger partial charge in [0.2, 0.25) is 0 Å². The summed E-state index contributed by atoms with van der Waals surface area (Å²) in [5.41, 5.74) is 1.54. The zero-order valence-corrected chi connectivity index (χ0v) is 11.0. The molecule has 0 saturated carbocycles. The third-order valence-electron chi connectivity index (χ3n) is 2.66. The van der Waals surface area contributed by atoms with E-state index in [1.54, 1.807) is 6.07 Å². The van der Waals surface area contributed by atoms with Gasteiger partial charge in [0.05, 0.1) is 0 Å². The van der Waals surface area contributed by atoms with Gasteiger partial charge in [-0.25, -0.2) is 4.39 Å². The van der Waals surface area contributed by atoms with Gasteiger partial charge in [-0.1, -0.05) is 25.7 Å². The number of nitrogens with zero attached hydrogens (tertiary/aromatic N) is 1. The minimum Gasteiger partial charge on any atom is -0.384 e. The SMILES string of the molecule is CCCN(CC)Cc1cc(F)cc(C#CCO)c1. The van der Waals surface area contributed by atoms with Crippen LogP contribution in [0.2, 0.25) is 0 Å². The maximum absolute atomic E-state index is 13.4. The normalized spacial score (nSPS) is 10.3. The average molecular weight is 249 g/mol. The number of benzene rings is 1. The molecule has 1 N–H and O–H groups in total. The molecule has 0 unspecified atom stereocenters. The van der Waals surface area contributed by atoms with Crippen molar-refractivity contribution < 1.29 is 9.50 Å². The molecule has 2 nitrogen and oxygen atoms in total. The molecule has 0 atom stereocenters. The summed E-state index contributed by atoms with van der Waals surface area (Å²) in [7, 11) is 0. The molecule has 0 aliphatic heterocycles. The summed E-state index contributed by atoms with van der Waals surface area (Å²) < 4.78 is 13.4. The molecule has 1 aromatic carbocycles. The van der Waals surface area contributed by atoms with E-state index in [2.05, 4.69) is 30.6 Å². The Hall–Kier alpha value is -1.37. The Morgan fingerprint density at radius 3 is 2.67 bits per heavy atom. The first kappa shape index (κ1) is 14.7. The number of hydrogen-bond acceptors (Lipinski definition) is 2. The molecule has 0 aromatic heterocycles. The van der Waals surface area contributed by atoms with Crippen molar-refractivity contribution in [1.82, 2.24) is 4.90 Å². The largest absolute Gasteiger partial charge is 0.384 e. The molecule has 18 heavy (non-hydrogen) atoms. The molecular formula is C15H20FNO. The Labute approximate surface area is 108 Å². The second kappa shape index (κ2) is 7.86. The summed E-state index contributed by atoms with van der Waals surface area (Å²) in [6.07, 6.45) is 1.08. The zero-order valence-electron chi connectivity index (χ0n) is 11.0. The Bertz CT molecular complexity index is 434. The molecule has 0 aliphatic carbocycles. The quantitative estimate of drug-likeness (QED) is 0.810. The van der Waals surface area contributed by atoms with Gasteiger partial charge in [0, 0.05) is 12.1 Å². The van der Waals surface area contributed by atoms with Crippen LogP contribution in [0.1, 0.15) is 31.4 Å². The molecule has 3 heteroatoms. The van der Waals surface area contributed by atoms with Crippen molar-refractivity contribution in [2.75, 3.05) is 19.7 Å². The van der Waals surface area contributed by atoms with Gasteiger partial charge in [-0.3, -0.25) is 4.90 Å². The van der Waals surface area contributed by atoms with Crippen molar-refractivity contribution in [3.63, 3.8) is 0 Å². The van der Waals surface area contributed by atoms with Gasteiger partial charge in [0.1, 0.15) is 12.4 Å². The number of rotatable bonds is 5. The van der Waals surface area contributed by atoms with Crippen LogP contribution in [-0.2, 0) is 6.54 Å². The van der Waals surface area contributed by atoms with Crippen molar-refractivity contribution in [1.29, 1.82) is 0 Å². The predicted molar refractivity (Wildman–Crippen MR) is 71.6 cm³/mol. The lowest BCUT2D eigenvalue weighted by molar-refractivity contribution is 0.280. The van der Waals surface area contributed by atoms with Crippen LogP contribution in [-0.4, -0.2) is 29.7 Å². The maximum Gasteiger partial charge on any atom is 0.124 e. The molecule has 0 bridgehead atoms. The van der Waals surface area contributed by atoms with E-state index in [9.17, 15) is 4.39 Å². The molecule has 0 saturated heterocycles. The van der Waals surface area contributed by atoms with Crippen molar-refractivity contribution in [3.05, 3.63) is 35.1 Å². The molecule has 1 aromatic rings. The van der Waals surface area contributed by atoms with E-state index >= 15 is 0 Å². The number of aliphatic hydroxyl groups is 1. The van der Waals surface area contributed by atoms with Crippen molar-refractivity contribution in [2.45, 2.75) is 26.8 Å². The Balaban J connectivity index is 2.84. The summed E-state index contributed by atoms with van der Waals surface area (Å²) in [4.78, 5) is 2.26. The fourth-order valence-corrected chi connectivity index (χ4v) is 1.88. The second-order valence-corrected chi connectivity index (χ2v) is 4.18. The van der Waals surface area contributed by atoms with Gasteiger partial charge in [-0.2, -0.15) is 0 Å². The highest BCUT2D eigenvalue weighted by atomic mass is 19.1. The van der Waals surface area contributed by atoms with Gasteiger partial charge in [0.15, 0.2) is 0 Å². The van der Waals surface area contributed by atoms with E-state index in [0.29, 0.717) is 5.56 Å². The Kier molecular flexibility index (Phi) is 6.42. The highest BCUT2D eigenvalue weighted by Crippen LogP contribution is 2.11. The highest BCUT2D eigenvalue weighted by Gasteiger charge is 2.05. The van der Waals surface area contributed by atoms with Crippen LogP contribution in [0.4, 0.5) is 4.39 Å². The average Bonchev–Trinajstić information content (AvgIpc) is 2.35. The summed E-state index contributed by atoms with van der Waals surface area (Å²) >= 11 is 0. The first-order chi connectivity index (χ1) is 8.69. The first-order valence-electron chi connectivity index (χ1n) is 6.31. The van der Waals surface area contributed by atoms with Gasteiger partial charge in [-0.05, 0) is 43.3 Å². The first-order valence-corrected chi connectivity index (χ1v) is 6.31. The molecule has 98 valence electrons. The van der Waals surface area contributed by atoms with Gasteiger partial charge < -0.3 is 5.11 Å². The molecule has 0 aliphatic rings. The van der Waals surface area contributed by atoms with Crippen molar-refractivity contribution in [3.8, 4) is 11.8 Å². The maximum atomic E-state index is 13.4. The fourth-order valence-electron chi connectivity index (χ4n) is 1.88. The lowest BCUT2D eigenvalue weighted by Gasteiger charge is -2.19. The van der Waals surface area contributed by atoms with Crippen LogP contribution in [0.5, 0.6) is 0 Å². The van der Waals surface area contributed by atoms with E-state index in [-0.39, 0.29) is 12.4 Å².